The third kappa shape index (κ3) is 4.90. The number of alkyl halides is 1. The van der Waals surface area contributed by atoms with E-state index in [4.69, 9.17) is 20.8 Å². The van der Waals surface area contributed by atoms with Gasteiger partial charge in [0, 0.05) is 5.88 Å². The van der Waals surface area contributed by atoms with Gasteiger partial charge in [0.1, 0.15) is 0 Å². The molecule has 0 heterocycles. The van der Waals surface area contributed by atoms with Gasteiger partial charge in [0.25, 0.3) is 0 Å². The first-order chi connectivity index (χ1) is 7.89. The van der Waals surface area contributed by atoms with Crippen molar-refractivity contribution in [3.8, 4) is 0 Å². The lowest BCUT2D eigenvalue weighted by Gasteiger charge is -2.42. The Morgan fingerprint density at radius 3 is 1.65 bits per heavy atom. The van der Waals surface area contributed by atoms with Crippen LogP contribution in [0.1, 0.15) is 41.5 Å². The van der Waals surface area contributed by atoms with Gasteiger partial charge in [-0.2, -0.15) is 0 Å². The minimum absolute atomic E-state index is 0.557. The molecule has 4 heteroatoms. The van der Waals surface area contributed by atoms with Crippen molar-refractivity contribution in [3.63, 3.8) is 0 Å². The van der Waals surface area contributed by atoms with E-state index in [9.17, 15) is 0 Å². The van der Waals surface area contributed by atoms with Crippen LogP contribution in [0.3, 0.4) is 0 Å². The molecule has 0 rings (SSSR count). The summed E-state index contributed by atoms with van der Waals surface area (Å²) in [6, 6.07) is 0. The summed E-state index contributed by atoms with van der Waals surface area (Å²) < 4.78 is 11.7. The summed E-state index contributed by atoms with van der Waals surface area (Å²) in [4.78, 5) is 0. The zero-order chi connectivity index (χ0) is 13.5. The van der Waals surface area contributed by atoms with Crippen LogP contribution in [-0.2, 0) is 9.16 Å². The van der Waals surface area contributed by atoms with Gasteiger partial charge in [-0.25, -0.2) is 0 Å². The van der Waals surface area contributed by atoms with Crippen LogP contribution in [-0.4, -0.2) is 34.0 Å². The fourth-order valence-corrected chi connectivity index (χ4v) is 8.48. The van der Waals surface area contributed by atoms with Crippen molar-refractivity contribution in [1.82, 2.24) is 0 Å². The molecule has 0 bridgehead atoms. The highest BCUT2D eigenvalue weighted by Crippen LogP contribution is 2.41. The summed E-state index contributed by atoms with van der Waals surface area (Å²) in [5, 5.41) is 0. The van der Waals surface area contributed by atoms with E-state index in [1.54, 1.807) is 0 Å². The summed E-state index contributed by atoms with van der Waals surface area (Å²) in [6.45, 7) is 15.8. The first-order valence-corrected chi connectivity index (χ1v) is 9.34. The number of ether oxygens (including phenoxy) is 1. The van der Waals surface area contributed by atoms with Crippen molar-refractivity contribution in [2.24, 2.45) is 0 Å². The van der Waals surface area contributed by atoms with Crippen LogP contribution in [0.2, 0.25) is 16.6 Å². The molecule has 0 saturated carbocycles. The number of hydrogen-bond acceptors (Lipinski definition) is 2. The molecule has 0 spiro atoms. The third-order valence-corrected chi connectivity index (χ3v) is 9.78. The van der Waals surface area contributed by atoms with Crippen molar-refractivity contribution in [3.05, 3.63) is 0 Å². The summed E-state index contributed by atoms with van der Waals surface area (Å²) in [6.07, 6.45) is 0. The van der Waals surface area contributed by atoms with Gasteiger partial charge in [-0.1, -0.05) is 41.5 Å². The minimum atomic E-state index is -1.70. The lowest BCUT2D eigenvalue weighted by molar-refractivity contribution is 0.104. The van der Waals surface area contributed by atoms with Crippen LogP contribution in [0.15, 0.2) is 0 Å². The van der Waals surface area contributed by atoms with Crippen LogP contribution in [0.5, 0.6) is 0 Å². The molecule has 0 N–H and O–H groups in total. The highest BCUT2D eigenvalue weighted by molar-refractivity contribution is 6.77. The number of rotatable bonds is 9. The molecule has 0 radical (unpaired) electrons. The summed E-state index contributed by atoms with van der Waals surface area (Å²) in [5.74, 6) is 0.557. The maximum absolute atomic E-state index is 6.33. The van der Waals surface area contributed by atoms with E-state index in [0.29, 0.717) is 42.3 Å². The highest BCUT2D eigenvalue weighted by Gasteiger charge is 2.44. The Labute approximate surface area is 113 Å². The monoisotopic (exact) mass is 280 g/mol. The van der Waals surface area contributed by atoms with E-state index in [0.717, 1.165) is 0 Å². The van der Waals surface area contributed by atoms with Crippen LogP contribution >= 0.6 is 11.6 Å². The molecular formula is C13H29ClO2Si. The molecule has 104 valence electrons. The van der Waals surface area contributed by atoms with Gasteiger partial charge in [0.2, 0.25) is 0 Å². The van der Waals surface area contributed by atoms with Gasteiger partial charge in [0.05, 0.1) is 19.8 Å². The smallest absolute Gasteiger partial charge is 0.200 e. The standard InChI is InChI=1S/C13H29ClO2Si/c1-11(2)17(12(3)4,13(5)6)16-10-9-15-8-7-14/h11-13H,7-10H2,1-6H3. The molecule has 0 fully saturated rings. The van der Waals surface area contributed by atoms with E-state index in [-0.39, 0.29) is 0 Å². The topological polar surface area (TPSA) is 18.5 Å². The molecular weight excluding hydrogens is 252 g/mol. The molecule has 2 nitrogen and oxygen atoms in total. The van der Waals surface area contributed by atoms with Gasteiger partial charge >= 0.3 is 0 Å². The fourth-order valence-electron chi connectivity index (χ4n) is 2.93. The Balaban J connectivity index is 4.38. The van der Waals surface area contributed by atoms with E-state index in [1.807, 2.05) is 0 Å². The third-order valence-electron chi connectivity index (χ3n) is 3.51. The van der Waals surface area contributed by atoms with Gasteiger partial charge in [-0.15, -0.1) is 11.6 Å². The molecule has 0 aromatic carbocycles. The Kier molecular flexibility index (Phi) is 8.73. The van der Waals surface area contributed by atoms with Crippen molar-refractivity contribution < 1.29 is 9.16 Å². The SMILES string of the molecule is CC(C)[Si](OCCOCCCl)(C(C)C)C(C)C. The molecule has 17 heavy (non-hydrogen) atoms. The van der Waals surface area contributed by atoms with Gasteiger partial charge in [-0.3, -0.25) is 0 Å². The van der Waals surface area contributed by atoms with Gasteiger partial charge in [-0.05, 0) is 16.6 Å². The Morgan fingerprint density at radius 1 is 0.824 bits per heavy atom. The minimum Gasteiger partial charge on any atom is -0.414 e. The van der Waals surface area contributed by atoms with Crippen molar-refractivity contribution in [1.29, 1.82) is 0 Å². The molecule has 0 aliphatic carbocycles. The predicted octanol–water partition coefficient (Wildman–Crippen LogP) is 4.43. The molecule has 0 atom stereocenters. The maximum Gasteiger partial charge on any atom is 0.200 e. The van der Waals surface area contributed by atoms with Gasteiger partial charge in [0.15, 0.2) is 8.32 Å². The van der Waals surface area contributed by atoms with E-state index >= 15 is 0 Å². The van der Waals surface area contributed by atoms with Crippen LogP contribution in [0, 0.1) is 0 Å². The second kappa shape index (κ2) is 8.52. The second-order valence-corrected chi connectivity index (χ2v) is 11.3. The summed E-state index contributed by atoms with van der Waals surface area (Å²) in [5.41, 5.74) is 1.90. The van der Waals surface area contributed by atoms with Crippen molar-refractivity contribution in [2.75, 3.05) is 25.7 Å². The summed E-state index contributed by atoms with van der Waals surface area (Å²) >= 11 is 5.56. The molecule has 0 aromatic rings. The lowest BCUT2D eigenvalue weighted by Crippen LogP contribution is -2.48. The molecule has 0 aromatic heterocycles. The highest BCUT2D eigenvalue weighted by atomic mass is 35.5. The first-order valence-electron chi connectivity index (χ1n) is 6.67. The first kappa shape index (κ1) is 17.4. The predicted molar refractivity (Wildman–Crippen MR) is 78.5 cm³/mol. The quantitative estimate of drug-likeness (QED) is 0.353. The normalized spacial score (nSPS) is 13.1. The second-order valence-electron chi connectivity index (χ2n) is 5.47. The summed E-state index contributed by atoms with van der Waals surface area (Å²) in [7, 11) is -1.70. The Hall–Kier alpha value is 0.427. The van der Waals surface area contributed by atoms with Crippen molar-refractivity contribution in [2.45, 2.75) is 58.2 Å². The van der Waals surface area contributed by atoms with E-state index in [1.165, 1.54) is 0 Å². The lowest BCUT2D eigenvalue weighted by atomic mass is 10.5. The Morgan fingerprint density at radius 2 is 1.29 bits per heavy atom. The Bertz CT molecular complexity index is 174. The molecule has 0 aliphatic rings. The van der Waals surface area contributed by atoms with E-state index in [2.05, 4.69) is 41.5 Å². The van der Waals surface area contributed by atoms with Crippen molar-refractivity contribution >= 4 is 19.9 Å². The molecule has 0 saturated heterocycles. The number of hydrogen-bond donors (Lipinski definition) is 0. The fraction of sp³-hybridized carbons (Fsp3) is 1.00. The van der Waals surface area contributed by atoms with Crippen LogP contribution in [0.25, 0.3) is 0 Å². The largest absolute Gasteiger partial charge is 0.414 e. The molecule has 0 amide bonds. The number of halogens is 1. The zero-order valence-electron chi connectivity index (χ0n) is 12.3. The van der Waals surface area contributed by atoms with Gasteiger partial charge < -0.3 is 9.16 Å². The zero-order valence-corrected chi connectivity index (χ0v) is 14.0. The van der Waals surface area contributed by atoms with E-state index < -0.39 is 8.32 Å². The average molecular weight is 281 g/mol. The maximum atomic E-state index is 6.33. The van der Waals surface area contributed by atoms with Crippen LogP contribution < -0.4 is 0 Å². The average Bonchev–Trinajstić information content (AvgIpc) is 2.21. The molecule has 0 unspecified atom stereocenters. The molecule has 0 aliphatic heterocycles. The van der Waals surface area contributed by atoms with Crippen LogP contribution in [0.4, 0.5) is 0 Å².